The standard InChI is InChI=1S/C11H13N3O2/c15-8-13-9-3-4-12-10(7-9)11(16)14-5-1-2-6-14/h3-4,7-8H,1-2,5-6H2,(H,12,13,15). The zero-order valence-corrected chi connectivity index (χ0v) is 8.85. The van der Waals surface area contributed by atoms with Gasteiger partial charge >= 0.3 is 0 Å². The second-order valence-electron chi connectivity index (χ2n) is 3.69. The minimum atomic E-state index is -0.0629. The van der Waals surface area contributed by atoms with Crippen LogP contribution in [0.4, 0.5) is 5.69 Å². The lowest BCUT2D eigenvalue weighted by Gasteiger charge is -2.14. The molecule has 0 atom stereocenters. The van der Waals surface area contributed by atoms with Crippen LogP contribution in [-0.2, 0) is 4.79 Å². The summed E-state index contributed by atoms with van der Waals surface area (Å²) in [4.78, 5) is 28.0. The Bertz CT molecular complexity index is 400. The fourth-order valence-electron chi connectivity index (χ4n) is 1.79. The van der Waals surface area contributed by atoms with Crippen molar-refractivity contribution in [2.24, 2.45) is 0 Å². The fourth-order valence-corrected chi connectivity index (χ4v) is 1.79. The molecular formula is C11H13N3O2. The van der Waals surface area contributed by atoms with Crippen molar-refractivity contribution in [2.75, 3.05) is 18.4 Å². The van der Waals surface area contributed by atoms with Gasteiger partial charge in [0.15, 0.2) is 0 Å². The van der Waals surface area contributed by atoms with Crippen molar-refractivity contribution in [3.8, 4) is 0 Å². The van der Waals surface area contributed by atoms with E-state index in [1.165, 1.54) is 6.20 Å². The molecule has 1 aliphatic heterocycles. The summed E-state index contributed by atoms with van der Waals surface area (Å²) >= 11 is 0. The summed E-state index contributed by atoms with van der Waals surface area (Å²) in [5.41, 5.74) is 0.973. The van der Waals surface area contributed by atoms with Crippen LogP contribution in [0.1, 0.15) is 23.3 Å². The van der Waals surface area contributed by atoms with Crippen molar-refractivity contribution in [1.82, 2.24) is 9.88 Å². The Labute approximate surface area is 93.5 Å². The molecule has 1 aromatic rings. The van der Waals surface area contributed by atoms with Crippen LogP contribution < -0.4 is 5.32 Å². The van der Waals surface area contributed by atoms with Gasteiger partial charge in [0.25, 0.3) is 5.91 Å². The van der Waals surface area contributed by atoms with E-state index in [0.717, 1.165) is 25.9 Å². The summed E-state index contributed by atoms with van der Waals surface area (Å²) in [6, 6.07) is 3.24. The van der Waals surface area contributed by atoms with Crippen molar-refractivity contribution >= 4 is 18.0 Å². The van der Waals surface area contributed by atoms with Crippen molar-refractivity contribution in [3.63, 3.8) is 0 Å². The van der Waals surface area contributed by atoms with Crippen LogP contribution in [0.15, 0.2) is 18.3 Å². The minimum absolute atomic E-state index is 0.0629. The molecule has 1 aromatic heterocycles. The lowest BCUT2D eigenvalue weighted by Crippen LogP contribution is -2.28. The summed E-state index contributed by atoms with van der Waals surface area (Å²) in [6.07, 6.45) is 4.21. The molecule has 2 rings (SSSR count). The Morgan fingerprint density at radius 1 is 1.44 bits per heavy atom. The maximum atomic E-state index is 12.0. The molecule has 1 aliphatic rings. The first kappa shape index (κ1) is 10.6. The van der Waals surface area contributed by atoms with E-state index in [1.807, 2.05) is 0 Å². The third kappa shape index (κ3) is 2.18. The highest BCUT2D eigenvalue weighted by Gasteiger charge is 2.20. The number of likely N-dealkylation sites (tertiary alicyclic amines) is 1. The van der Waals surface area contributed by atoms with Crippen molar-refractivity contribution in [3.05, 3.63) is 24.0 Å². The predicted molar refractivity (Wildman–Crippen MR) is 59.1 cm³/mol. The van der Waals surface area contributed by atoms with E-state index in [4.69, 9.17) is 0 Å². The molecule has 0 spiro atoms. The van der Waals surface area contributed by atoms with Crippen molar-refractivity contribution in [2.45, 2.75) is 12.8 Å². The second-order valence-corrected chi connectivity index (χ2v) is 3.69. The van der Waals surface area contributed by atoms with Gasteiger partial charge in [-0.25, -0.2) is 0 Å². The summed E-state index contributed by atoms with van der Waals surface area (Å²) < 4.78 is 0. The molecule has 2 amide bonds. The zero-order valence-electron chi connectivity index (χ0n) is 8.85. The van der Waals surface area contributed by atoms with Crippen LogP contribution in [0.5, 0.6) is 0 Å². The first-order valence-electron chi connectivity index (χ1n) is 5.27. The molecule has 1 N–H and O–H groups in total. The van der Waals surface area contributed by atoms with Crippen LogP contribution >= 0.6 is 0 Å². The van der Waals surface area contributed by atoms with Crippen LogP contribution in [0.25, 0.3) is 0 Å². The van der Waals surface area contributed by atoms with Crippen molar-refractivity contribution in [1.29, 1.82) is 0 Å². The highest BCUT2D eigenvalue weighted by molar-refractivity contribution is 5.93. The molecule has 0 aromatic carbocycles. The van der Waals surface area contributed by atoms with Gasteiger partial charge in [0.2, 0.25) is 6.41 Å². The highest BCUT2D eigenvalue weighted by atomic mass is 16.2. The molecule has 1 saturated heterocycles. The molecule has 5 nitrogen and oxygen atoms in total. The molecule has 5 heteroatoms. The van der Waals surface area contributed by atoms with Gasteiger partial charge in [-0.3, -0.25) is 14.6 Å². The number of amides is 2. The van der Waals surface area contributed by atoms with Gasteiger partial charge in [-0.2, -0.15) is 0 Å². The number of nitrogens with one attached hydrogen (secondary N) is 1. The minimum Gasteiger partial charge on any atom is -0.337 e. The van der Waals surface area contributed by atoms with Gasteiger partial charge in [-0.05, 0) is 25.0 Å². The number of pyridine rings is 1. The maximum Gasteiger partial charge on any atom is 0.272 e. The third-order valence-corrected chi connectivity index (χ3v) is 2.60. The number of carbonyl (C=O) groups is 2. The Morgan fingerprint density at radius 3 is 2.88 bits per heavy atom. The average molecular weight is 219 g/mol. The molecule has 0 radical (unpaired) electrons. The van der Waals surface area contributed by atoms with Gasteiger partial charge < -0.3 is 10.2 Å². The van der Waals surface area contributed by atoms with E-state index in [0.29, 0.717) is 17.8 Å². The Hall–Kier alpha value is -1.91. The zero-order chi connectivity index (χ0) is 11.4. The summed E-state index contributed by atoms with van der Waals surface area (Å²) in [5, 5.41) is 2.50. The molecule has 0 unspecified atom stereocenters. The van der Waals surface area contributed by atoms with E-state index in [1.54, 1.807) is 17.0 Å². The smallest absolute Gasteiger partial charge is 0.272 e. The fraction of sp³-hybridized carbons (Fsp3) is 0.364. The van der Waals surface area contributed by atoms with Gasteiger partial charge in [0, 0.05) is 25.0 Å². The SMILES string of the molecule is O=CNc1ccnc(C(=O)N2CCCC2)c1. The number of aromatic nitrogens is 1. The first-order chi connectivity index (χ1) is 7.81. The number of hydrogen-bond acceptors (Lipinski definition) is 3. The number of nitrogens with zero attached hydrogens (tertiary/aromatic N) is 2. The molecule has 84 valence electrons. The van der Waals surface area contributed by atoms with Crippen LogP contribution in [0, 0.1) is 0 Å². The molecule has 0 aliphatic carbocycles. The molecule has 0 bridgehead atoms. The van der Waals surface area contributed by atoms with Crippen LogP contribution in [-0.4, -0.2) is 35.3 Å². The largest absolute Gasteiger partial charge is 0.337 e. The highest BCUT2D eigenvalue weighted by Crippen LogP contribution is 2.13. The quantitative estimate of drug-likeness (QED) is 0.768. The van der Waals surface area contributed by atoms with E-state index >= 15 is 0 Å². The first-order valence-corrected chi connectivity index (χ1v) is 5.27. The van der Waals surface area contributed by atoms with Gasteiger partial charge in [-0.1, -0.05) is 0 Å². The topological polar surface area (TPSA) is 62.3 Å². The Balaban J connectivity index is 2.15. The van der Waals surface area contributed by atoms with E-state index < -0.39 is 0 Å². The molecular weight excluding hydrogens is 206 g/mol. The lowest BCUT2D eigenvalue weighted by atomic mass is 10.3. The molecule has 2 heterocycles. The van der Waals surface area contributed by atoms with Crippen molar-refractivity contribution < 1.29 is 9.59 Å². The molecule has 1 fully saturated rings. The molecule has 16 heavy (non-hydrogen) atoms. The number of carbonyl (C=O) groups excluding carboxylic acids is 2. The monoisotopic (exact) mass is 219 g/mol. The average Bonchev–Trinajstić information content (AvgIpc) is 2.82. The third-order valence-electron chi connectivity index (χ3n) is 2.60. The predicted octanol–water partition coefficient (Wildman–Crippen LogP) is 0.886. The van der Waals surface area contributed by atoms with Crippen LogP contribution in [0.3, 0.4) is 0 Å². The van der Waals surface area contributed by atoms with Crippen LogP contribution in [0.2, 0.25) is 0 Å². The maximum absolute atomic E-state index is 12.0. The normalized spacial score (nSPS) is 14.9. The number of hydrogen-bond donors (Lipinski definition) is 1. The summed E-state index contributed by atoms with van der Waals surface area (Å²) in [5.74, 6) is -0.0629. The number of anilines is 1. The van der Waals surface area contributed by atoms with E-state index in [2.05, 4.69) is 10.3 Å². The van der Waals surface area contributed by atoms with Gasteiger partial charge in [0.1, 0.15) is 5.69 Å². The molecule has 0 saturated carbocycles. The Morgan fingerprint density at radius 2 is 2.19 bits per heavy atom. The Kier molecular flexibility index (Phi) is 3.14. The summed E-state index contributed by atoms with van der Waals surface area (Å²) in [7, 11) is 0. The van der Waals surface area contributed by atoms with Gasteiger partial charge in [0.05, 0.1) is 0 Å². The summed E-state index contributed by atoms with van der Waals surface area (Å²) in [6.45, 7) is 1.59. The van der Waals surface area contributed by atoms with E-state index in [9.17, 15) is 9.59 Å². The lowest BCUT2D eigenvalue weighted by molar-refractivity contribution is -0.105. The van der Waals surface area contributed by atoms with E-state index in [-0.39, 0.29) is 5.91 Å². The number of rotatable bonds is 3. The van der Waals surface area contributed by atoms with Gasteiger partial charge in [-0.15, -0.1) is 0 Å². The second kappa shape index (κ2) is 4.74.